The van der Waals surface area contributed by atoms with Crippen LogP contribution >= 0.6 is 0 Å². The van der Waals surface area contributed by atoms with Crippen molar-refractivity contribution in [2.45, 2.75) is 13.8 Å². The Bertz CT molecular complexity index is 2540. The van der Waals surface area contributed by atoms with Gasteiger partial charge in [0.2, 0.25) is 0 Å². The molecule has 0 aliphatic rings. The number of aromatic nitrogens is 1. The highest BCUT2D eigenvalue weighted by molar-refractivity contribution is 6.21. The molecule has 0 saturated heterocycles. The second kappa shape index (κ2) is 11.3. The summed E-state index contributed by atoms with van der Waals surface area (Å²) in [6.45, 7) is 4.40. The maximum absolute atomic E-state index is 5.41. The maximum Gasteiger partial charge on any atom is 0.0794 e. The van der Waals surface area contributed by atoms with Crippen LogP contribution in [0.2, 0.25) is 0 Å². The average molecular weight is 612 g/mol. The highest BCUT2D eigenvalue weighted by Crippen LogP contribution is 2.42. The molecule has 8 aromatic carbocycles. The zero-order chi connectivity index (χ0) is 32.2. The Morgan fingerprint density at radius 3 is 1.35 bits per heavy atom. The van der Waals surface area contributed by atoms with E-state index in [1.165, 1.54) is 88.0 Å². The van der Waals surface area contributed by atoms with E-state index >= 15 is 0 Å². The smallest absolute Gasteiger partial charge is 0.0794 e. The first-order chi connectivity index (χ1) is 23.6. The molecule has 9 aromatic rings. The van der Waals surface area contributed by atoms with Crippen LogP contribution in [0.1, 0.15) is 11.1 Å². The molecular formula is C47H33N. The molecule has 0 bridgehead atoms. The van der Waals surface area contributed by atoms with Crippen LogP contribution in [0.15, 0.2) is 164 Å². The van der Waals surface area contributed by atoms with Crippen LogP contribution in [-0.4, -0.2) is 4.98 Å². The topological polar surface area (TPSA) is 12.9 Å². The van der Waals surface area contributed by atoms with Gasteiger partial charge in [-0.2, -0.15) is 0 Å². The van der Waals surface area contributed by atoms with E-state index in [4.69, 9.17) is 4.98 Å². The molecule has 0 radical (unpaired) electrons. The van der Waals surface area contributed by atoms with E-state index in [1.54, 1.807) is 0 Å². The molecule has 0 aliphatic heterocycles. The van der Waals surface area contributed by atoms with Gasteiger partial charge in [-0.1, -0.05) is 140 Å². The molecule has 0 N–H and O–H groups in total. The van der Waals surface area contributed by atoms with Crippen LogP contribution in [0.3, 0.4) is 0 Å². The second-order valence-corrected chi connectivity index (χ2v) is 12.9. The Hall–Kier alpha value is -6.05. The highest BCUT2D eigenvalue weighted by Gasteiger charge is 2.17. The van der Waals surface area contributed by atoms with Crippen LogP contribution in [0.5, 0.6) is 0 Å². The second-order valence-electron chi connectivity index (χ2n) is 12.9. The van der Waals surface area contributed by atoms with E-state index in [-0.39, 0.29) is 0 Å². The van der Waals surface area contributed by atoms with Crippen LogP contribution in [0, 0.1) is 13.8 Å². The van der Waals surface area contributed by atoms with Crippen molar-refractivity contribution in [3.05, 3.63) is 175 Å². The molecule has 0 atom stereocenters. The number of aryl methyl sites for hydroxylation is 2. The van der Waals surface area contributed by atoms with Gasteiger partial charge in [0, 0.05) is 27.1 Å². The number of rotatable bonds is 4. The molecule has 0 spiro atoms. The van der Waals surface area contributed by atoms with Crippen molar-refractivity contribution in [3.63, 3.8) is 0 Å². The van der Waals surface area contributed by atoms with E-state index in [0.29, 0.717) is 0 Å². The van der Waals surface area contributed by atoms with Gasteiger partial charge in [-0.3, -0.25) is 0 Å². The van der Waals surface area contributed by atoms with E-state index < -0.39 is 0 Å². The molecule has 48 heavy (non-hydrogen) atoms. The van der Waals surface area contributed by atoms with Crippen molar-refractivity contribution in [1.29, 1.82) is 0 Å². The third-order valence-corrected chi connectivity index (χ3v) is 9.89. The molecule has 0 aliphatic carbocycles. The van der Waals surface area contributed by atoms with Crippen LogP contribution in [0.25, 0.3) is 87.9 Å². The van der Waals surface area contributed by atoms with Gasteiger partial charge in [-0.05, 0) is 99.0 Å². The van der Waals surface area contributed by atoms with Crippen LogP contribution in [-0.2, 0) is 0 Å². The number of hydrogen-bond donors (Lipinski definition) is 0. The first kappa shape index (κ1) is 28.2. The molecule has 226 valence electrons. The van der Waals surface area contributed by atoms with Gasteiger partial charge >= 0.3 is 0 Å². The Kier molecular flexibility index (Phi) is 6.66. The Balaban J connectivity index is 1.32. The van der Waals surface area contributed by atoms with Crippen molar-refractivity contribution in [2.24, 2.45) is 0 Å². The molecule has 1 heterocycles. The van der Waals surface area contributed by atoms with Crippen LogP contribution in [0.4, 0.5) is 0 Å². The summed E-state index contributed by atoms with van der Waals surface area (Å²) in [6, 6.07) is 59.7. The van der Waals surface area contributed by atoms with Crippen molar-refractivity contribution in [1.82, 2.24) is 4.98 Å². The standard InChI is InChI=1S/C47H33N/c1-30-12-3-7-18-39(30)37-27-36(28-38(29-37)40-19-8-4-13-31(40)2)34-16-11-17-35(26-34)45-43-24-22-32-14-5-9-20-41(32)46(43)48-47-42-21-10-6-15-33(42)23-25-44(45)47/h3-29H,1-2H3. The minimum atomic E-state index is 1.04. The lowest BCUT2D eigenvalue weighted by molar-refractivity contribution is 1.44. The largest absolute Gasteiger partial charge is 0.246 e. The van der Waals surface area contributed by atoms with Gasteiger partial charge in [0.1, 0.15) is 0 Å². The summed E-state index contributed by atoms with van der Waals surface area (Å²) in [5.74, 6) is 0. The molecule has 1 aromatic heterocycles. The Morgan fingerprint density at radius 2 is 0.792 bits per heavy atom. The molecule has 0 amide bonds. The third-order valence-electron chi connectivity index (χ3n) is 9.89. The fraction of sp³-hybridized carbons (Fsp3) is 0.0426. The highest BCUT2D eigenvalue weighted by atomic mass is 14.7. The predicted octanol–water partition coefficient (Wildman–Crippen LogP) is 13.0. The molecule has 0 fully saturated rings. The molecule has 1 heteroatoms. The van der Waals surface area contributed by atoms with Gasteiger partial charge in [0.25, 0.3) is 0 Å². The Labute approximate surface area is 280 Å². The number of nitrogens with zero attached hydrogens (tertiary/aromatic N) is 1. The van der Waals surface area contributed by atoms with Gasteiger partial charge in [-0.25, -0.2) is 4.98 Å². The fourth-order valence-corrected chi connectivity index (χ4v) is 7.48. The molecule has 1 nitrogen and oxygen atoms in total. The molecule has 0 saturated carbocycles. The quantitative estimate of drug-likeness (QED) is 0.142. The fourth-order valence-electron chi connectivity index (χ4n) is 7.48. The summed E-state index contributed by atoms with van der Waals surface area (Å²) >= 11 is 0. The predicted molar refractivity (Wildman–Crippen MR) is 205 cm³/mol. The average Bonchev–Trinajstić information content (AvgIpc) is 3.14. The van der Waals surface area contributed by atoms with Gasteiger partial charge < -0.3 is 0 Å². The summed E-state index contributed by atoms with van der Waals surface area (Å²) < 4.78 is 0. The van der Waals surface area contributed by atoms with Crippen molar-refractivity contribution in [2.75, 3.05) is 0 Å². The summed E-state index contributed by atoms with van der Waals surface area (Å²) in [5.41, 5.74) is 14.4. The first-order valence-electron chi connectivity index (χ1n) is 16.6. The normalized spacial score (nSPS) is 11.5. The summed E-state index contributed by atoms with van der Waals surface area (Å²) in [7, 11) is 0. The lowest BCUT2D eigenvalue weighted by Gasteiger charge is -2.17. The number of pyridine rings is 1. The third kappa shape index (κ3) is 4.67. The van der Waals surface area contributed by atoms with Gasteiger partial charge in [0.05, 0.1) is 11.0 Å². The minimum absolute atomic E-state index is 1.04. The zero-order valence-corrected chi connectivity index (χ0v) is 27.0. The summed E-state index contributed by atoms with van der Waals surface area (Å²) in [4.78, 5) is 5.41. The SMILES string of the molecule is Cc1ccccc1-c1cc(-c2cccc(-c3c4ccc5ccccc5c4nc4c3ccc3ccccc34)c2)cc(-c2ccccc2C)c1. The van der Waals surface area contributed by atoms with E-state index in [9.17, 15) is 0 Å². The van der Waals surface area contributed by atoms with Crippen molar-refractivity contribution in [3.8, 4) is 44.5 Å². The summed E-state index contributed by atoms with van der Waals surface area (Å²) in [5, 5.41) is 7.10. The zero-order valence-electron chi connectivity index (χ0n) is 27.0. The van der Waals surface area contributed by atoms with E-state index in [2.05, 4.69) is 178 Å². The number of hydrogen-bond acceptors (Lipinski definition) is 1. The summed E-state index contributed by atoms with van der Waals surface area (Å²) in [6.07, 6.45) is 0. The van der Waals surface area contributed by atoms with Crippen molar-refractivity contribution >= 4 is 43.4 Å². The lowest BCUT2D eigenvalue weighted by Crippen LogP contribution is -1.93. The molecule has 0 unspecified atom stereocenters. The monoisotopic (exact) mass is 611 g/mol. The Morgan fingerprint density at radius 1 is 0.333 bits per heavy atom. The van der Waals surface area contributed by atoms with Crippen LogP contribution < -0.4 is 0 Å². The maximum atomic E-state index is 5.41. The minimum Gasteiger partial charge on any atom is -0.246 e. The first-order valence-corrected chi connectivity index (χ1v) is 16.6. The van der Waals surface area contributed by atoms with Crippen molar-refractivity contribution < 1.29 is 0 Å². The lowest BCUT2D eigenvalue weighted by atomic mass is 9.88. The molecule has 9 rings (SSSR count). The number of fused-ring (bicyclic) bond motifs is 6. The van der Waals surface area contributed by atoms with E-state index in [1.807, 2.05) is 0 Å². The van der Waals surface area contributed by atoms with Gasteiger partial charge in [-0.15, -0.1) is 0 Å². The number of benzene rings is 8. The van der Waals surface area contributed by atoms with Gasteiger partial charge in [0.15, 0.2) is 0 Å². The van der Waals surface area contributed by atoms with E-state index in [0.717, 1.165) is 11.0 Å². The molecular weight excluding hydrogens is 579 g/mol.